The second kappa shape index (κ2) is 6.67. The number of aromatic nitrogens is 1. The summed E-state index contributed by atoms with van der Waals surface area (Å²) in [6.45, 7) is 4.49. The van der Waals surface area contributed by atoms with Gasteiger partial charge in [-0.15, -0.1) is 11.3 Å². The lowest BCUT2D eigenvalue weighted by molar-refractivity contribution is 0.0284. The Morgan fingerprint density at radius 3 is 2.64 bits per heavy atom. The highest BCUT2D eigenvalue weighted by Crippen LogP contribution is 2.37. The Kier molecular flexibility index (Phi) is 4.83. The Labute approximate surface area is 136 Å². The van der Waals surface area contributed by atoms with E-state index in [1.165, 1.54) is 25.7 Å². The van der Waals surface area contributed by atoms with Crippen LogP contribution >= 0.6 is 11.3 Å². The molecule has 0 aromatic carbocycles. The number of aliphatic hydroxyl groups is 1. The number of amides is 1. The smallest absolute Gasteiger partial charge is 0.266 e. The van der Waals surface area contributed by atoms with Crippen molar-refractivity contribution in [2.24, 2.45) is 0 Å². The molecule has 4 nitrogen and oxygen atoms in total. The standard InChI is InChI=1S/C17H26N2O2S/c1-11-15(22-16(18-11)13-7-3-4-8-13)17(21)19-10-6-5-9-14(19)12(2)20/h12-14,20H,3-10H2,1-2H3. The van der Waals surface area contributed by atoms with Gasteiger partial charge in [-0.2, -0.15) is 0 Å². The first kappa shape index (κ1) is 15.9. The molecular formula is C17H26N2O2S. The molecule has 22 heavy (non-hydrogen) atoms. The van der Waals surface area contributed by atoms with Gasteiger partial charge in [0.05, 0.1) is 22.8 Å². The van der Waals surface area contributed by atoms with E-state index in [4.69, 9.17) is 0 Å². The number of carbonyl (C=O) groups is 1. The summed E-state index contributed by atoms with van der Waals surface area (Å²) in [6, 6.07) is -0.0438. The molecule has 1 aromatic heterocycles. The van der Waals surface area contributed by atoms with Crippen LogP contribution in [0, 0.1) is 6.92 Å². The van der Waals surface area contributed by atoms with E-state index >= 15 is 0 Å². The molecule has 122 valence electrons. The summed E-state index contributed by atoms with van der Waals surface area (Å²) in [5, 5.41) is 11.1. The third-order valence-corrected chi connectivity index (χ3v) is 6.39. The zero-order chi connectivity index (χ0) is 15.7. The minimum Gasteiger partial charge on any atom is -0.391 e. The summed E-state index contributed by atoms with van der Waals surface area (Å²) in [5.41, 5.74) is 0.867. The van der Waals surface area contributed by atoms with Crippen molar-refractivity contribution in [3.05, 3.63) is 15.6 Å². The SMILES string of the molecule is Cc1nc(C2CCCC2)sc1C(=O)N1CCCCC1C(C)O. The van der Waals surface area contributed by atoms with Crippen LogP contribution in [0.1, 0.15) is 78.2 Å². The van der Waals surface area contributed by atoms with Gasteiger partial charge in [0, 0.05) is 12.5 Å². The minimum absolute atomic E-state index is 0.0438. The Morgan fingerprint density at radius 2 is 1.95 bits per heavy atom. The fourth-order valence-electron chi connectivity index (χ4n) is 3.80. The third kappa shape index (κ3) is 3.06. The highest BCUT2D eigenvalue weighted by Gasteiger charge is 2.33. The first-order valence-electron chi connectivity index (χ1n) is 8.54. The molecule has 2 heterocycles. The van der Waals surface area contributed by atoms with E-state index in [9.17, 15) is 9.90 Å². The molecule has 1 amide bonds. The number of hydrogen-bond acceptors (Lipinski definition) is 4. The van der Waals surface area contributed by atoms with E-state index in [0.29, 0.717) is 5.92 Å². The van der Waals surface area contributed by atoms with Crippen LogP contribution in [0.4, 0.5) is 0 Å². The van der Waals surface area contributed by atoms with Crippen molar-refractivity contribution >= 4 is 17.2 Å². The zero-order valence-corrected chi connectivity index (χ0v) is 14.4. The molecule has 1 aromatic rings. The highest BCUT2D eigenvalue weighted by atomic mass is 32.1. The van der Waals surface area contributed by atoms with E-state index in [1.807, 2.05) is 11.8 Å². The molecule has 2 aliphatic rings. The minimum atomic E-state index is -0.466. The van der Waals surface area contributed by atoms with Crippen LogP contribution in [0.3, 0.4) is 0 Å². The van der Waals surface area contributed by atoms with E-state index in [-0.39, 0.29) is 11.9 Å². The van der Waals surface area contributed by atoms with Crippen molar-refractivity contribution in [1.29, 1.82) is 0 Å². The Hall–Kier alpha value is -0.940. The number of carbonyl (C=O) groups excluding carboxylic acids is 1. The molecule has 1 aliphatic carbocycles. The van der Waals surface area contributed by atoms with E-state index < -0.39 is 6.10 Å². The van der Waals surface area contributed by atoms with Crippen LogP contribution in [0.5, 0.6) is 0 Å². The molecule has 0 spiro atoms. The predicted molar refractivity (Wildman–Crippen MR) is 88.4 cm³/mol. The quantitative estimate of drug-likeness (QED) is 0.927. The van der Waals surface area contributed by atoms with Gasteiger partial charge in [0.1, 0.15) is 4.88 Å². The van der Waals surface area contributed by atoms with Gasteiger partial charge >= 0.3 is 0 Å². The molecule has 1 saturated carbocycles. The van der Waals surface area contributed by atoms with Crippen molar-refractivity contribution in [2.75, 3.05) is 6.54 Å². The molecule has 0 bridgehead atoms. The number of piperidine rings is 1. The maximum Gasteiger partial charge on any atom is 0.266 e. The van der Waals surface area contributed by atoms with Crippen molar-refractivity contribution in [3.8, 4) is 0 Å². The molecule has 1 N–H and O–H groups in total. The van der Waals surface area contributed by atoms with Crippen LogP contribution in [0.25, 0.3) is 0 Å². The number of aryl methyl sites for hydroxylation is 1. The topological polar surface area (TPSA) is 53.4 Å². The van der Waals surface area contributed by atoms with Gasteiger partial charge in [0.15, 0.2) is 0 Å². The molecule has 1 aliphatic heterocycles. The van der Waals surface area contributed by atoms with E-state index in [0.717, 1.165) is 41.4 Å². The van der Waals surface area contributed by atoms with Gasteiger partial charge in [0.2, 0.25) is 0 Å². The van der Waals surface area contributed by atoms with Gasteiger partial charge in [0.25, 0.3) is 5.91 Å². The lowest BCUT2D eigenvalue weighted by Gasteiger charge is -2.37. The number of hydrogen-bond donors (Lipinski definition) is 1. The van der Waals surface area contributed by atoms with Gasteiger partial charge in [-0.1, -0.05) is 12.8 Å². The summed E-state index contributed by atoms with van der Waals surface area (Å²) in [4.78, 5) is 20.3. The van der Waals surface area contributed by atoms with E-state index in [2.05, 4.69) is 4.98 Å². The maximum atomic E-state index is 12.9. The maximum absolute atomic E-state index is 12.9. The Balaban J connectivity index is 1.81. The number of aliphatic hydroxyl groups excluding tert-OH is 1. The molecular weight excluding hydrogens is 296 g/mol. The fraction of sp³-hybridized carbons (Fsp3) is 0.765. The van der Waals surface area contributed by atoms with Crippen LogP contribution in [-0.2, 0) is 0 Å². The van der Waals surface area contributed by atoms with Crippen molar-refractivity contribution in [1.82, 2.24) is 9.88 Å². The normalized spacial score (nSPS) is 24.7. The number of rotatable bonds is 3. The summed E-state index contributed by atoms with van der Waals surface area (Å²) in [7, 11) is 0. The van der Waals surface area contributed by atoms with Gasteiger partial charge in [-0.3, -0.25) is 4.79 Å². The van der Waals surface area contributed by atoms with E-state index in [1.54, 1.807) is 18.3 Å². The Bertz CT molecular complexity index is 535. The van der Waals surface area contributed by atoms with Crippen molar-refractivity contribution in [3.63, 3.8) is 0 Å². The van der Waals surface area contributed by atoms with Crippen LogP contribution in [0.15, 0.2) is 0 Å². The fourth-order valence-corrected chi connectivity index (χ4v) is 5.00. The molecule has 2 atom stereocenters. The lowest BCUT2D eigenvalue weighted by Crippen LogP contribution is -2.48. The summed E-state index contributed by atoms with van der Waals surface area (Å²) < 4.78 is 0. The van der Waals surface area contributed by atoms with Crippen molar-refractivity contribution < 1.29 is 9.90 Å². The van der Waals surface area contributed by atoms with Gasteiger partial charge < -0.3 is 10.0 Å². The van der Waals surface area contributed by atoms with Crippen LogP contribution in [-0.4, -0.2) is 39.6 Å². The summed E-state index contributed by atoms with van der Waals surface area (Å²) in [6.07, 6.45) is 7.53. The second-order valence-electron chi connectivity index (χ2n) is 6.75. The first-order chi connectivity index (χ1) is 10.6. The van der Waals surface area contributed by atoms with Gasteiger partial charge in [-0.05, 0) is 46.0 Å². The summed E-state index contributed by atoms with van der Waals surface area (Å²) >= 11 is 1.59. The molecule has 3 rings (SSSR count). The highest BCUT2D eigenvalue weighted by molar-refractivity contribution is 7.13. The average molecular weight is 322 g/mol. The largest absolute Gasteiger partial charge is 0.391 e. The number of likely N-dealkylation sites (tertiary alicyclic amines) is 1. The third-order valence-electron chi connectivity index (χ3n) is 5.08. The Morgan fingerprint density at radius 1 is 1.27 bits per heavy atom. The van der Waals surface area contributed by atoms with Gasteiger partial charge in [-0.25, -0.2) is 4.98 Å². The molecule has 0 radical (unpaired) electrons. The molecule has 1 saturated heterocycles. The molecule has 5 heteroatoms. The second-order valence-corrected chi connectivity index (χ2v) is 7.78. The first-order valence-corrected chi connectivity index (χ1v) is 9.36. The van der Waals surface area contributed by atoms with Crippen LogP contribution in [0.2, 0.25) is 0 Å². The molecule has 2 unspecified atom stereocenters. The van der Waals surface area contributed by atoms with Crippen molar-refractivity contribution in [2.45, 2.75) is 76.9 Å². The lowest BCUT2D eigenvalue weighted by atomic mass is 9.98. The average Bonchev–Trinajstić information content (AvgIpc) is 3.15. The van der Waals surface area contributed by atoms with Crippen LogP contribution < -0.4 is 0 Å². The zero-order valence-electron chi connectivity index (χ0n) is 13.5. The number of thiazole rings is 1. The summed E-state index contributed by atoms with van der Waals surface area (Å²) in [5.74, 6) is 0.629. The predicted octanol–water partition coefficient (Wildman–Crippen LogP) is 3.48. The monoisotopic (exact) mass is 322 g/mol. The molecule has 2 fully saturated rings. The number of nitrogens with zero attached hydrogens (tertiary/aromatic N) is 2.